The summed E-state index contributed by atoms with van der Waals surface area (Å²) in [6.45, 7) is 3.20. The van der Waals surface area contributed by atoms with Gasteiger partial charge in [-0.05, 0) is 73.2 Å². The first kappa shape index (κ1) is 29.0. The van der Waals surface area contributed by atoms with Crippen LogP contribution in [-0.4, -0.2) is 37.2 Å². The van der Waals surface area contributed by atoms with Gasteiger partial charge in [0.2, 0.25) is 11.8 Å². The van der Waals surface area contributed by atoms with Crippen molar-refractivity contribution < 1.29 is 18.7 Å². The molecule has 0 saturated carbocycles. The summed E-state index contributed by atoms with van der Waals surface area (Å²) in [5.74, 6) is 0.102. The van der Waals surface area contributed by atoms with E-state index in [-0.39, 0.29) is 43.9 Å². The van der Waals surface area contributed by atoms with Crippen LogP contribution < -0.4 is 20.1 Å². The van der Waals surface area contributed by atoms with Gasteiger partial charge in [-0.1, -0.05) is 29.3 Å². The molecule has 1 atom stereocenters. The van der Waals surface area contributed by atoms with Crippen LogP contribution in [0, 0.1) is 18.7 Å². The zero-order chi connectivity index (χ0) is 25.7. The number of amides is 1. The quantitative estimate of drug-likeness (QED) is 0.330. The number of pyridine rings is 1. The number of nitrogens with two attached hydrogens (primary N) is 1. The molecule has 1 aliphatic rings. The Morgan fingerprint density at radius 1 is 1.14 bits per heavy atom. The zero-order valence-electron chi connectivity index (χ0n) is 20.4. The Morgan fingerprint density at radius 3 is 2.54 bits per heavy atom. The number of hydrogen-bond acceptors (Lipinski definition) is 5. The summed E-state index contributed by atoms with van der Waals surface area (Å²) in [6, 6.07) is 11.8. The number of ether oxygens (including phenoxy) is 2. The molecule has 0 radical (unpaired) electrons. The van der Waals surface area contributed by atoms with Crippen molar-refractivity contribution in [2.24, 2.45) is 11.7 Å². The summed E-state index contributed by atoms with van der Waals surface area (Å²) in [5, 5.41) is 0.901. The summed E-state index contributed by atoms with van der Waals surface area (Å²) >= 11 is 12.4. The minimum absolute atomic E-state index is 0. The Bertz CT molecular complexity index is 1200. The van der Waals surface area contributed by atoms with Gasteiger partial charge in [0.05, 0.1) is 16.0 Å². The molecule has 0 bridgehead atoms. The normalized spacial score (nSPS) is 13.4. The average Bonchev–Trinajstić information content (AvgIpc) is 2.86. The van der Waals surface area contributed by atoms with Crippen molar-refractivity contribution in [3.8, 4) is 11.6 Å². The molecule has 2 N–H and O–H groups in total. The molecule has 37 heavy (non-hydrogen) atoms. The molecular weight excluding hydrogens is 540 g/mol. The minimum Gasteiger partial charge on any atom is -0.487 e. The molecule has 0 saturated heterocycles. The monoisotopic (exact) mass is 567 g/mol. The number of hydrogen-bond donors (Lipinski definition) is 1. The molecule has 4 rings (SSSR count). The van der Waals surface area contributed by atoms with Gasteiger partial charge in [0.15, 0.2) is 5.75 Å². The Morgan fingerprint density at radius 2 is 1.86 bits per heavy atom. The van der Waals surface area contributed by atoms with E-state index in [2.05, 4.69) is 4.98 Å². The standard InChI is InChI=1S/C27H28Cl2FN3O3.ClH/c1-17-11-22(28)26(23(29)12-17)36-10-9-35-25-7-4-18(16-32-25)13-20(15-31)27(34)33-8-2-3-19-14-21(30)5-6-24(19)33;/h4-7,11-12,14,16,20H,2-3,8-10,13,15,31H2,1H3;1H. The number of nitrogens with zero attached hydrogens (tertiary/aromatic N) is 2. The van der Waals surface area contributed by atoms with E-state index in [0.29, 0.717) is 34.6 Å². The number of halogens is 4. The second-order valence-electron chi connectivity index (χ2n) is 8.76. The van der Waals surface area contributed by atoms with E-state index in [1.165, 1.54) is 12.1 Å². The van der Waals surface area contributed by atoms with Crippen LogP contribution in [-0.2, 0) is 17.6 Å². The molecule has 2 heterocycles. The Labute approximate surface area is 232 Å². The zero-order valence-corrected chi connectivity index (χ0v) is 22.7. The number of rotatable bonds is 9. The largest absolute Gasteiger partial charge is 0.487 e. The van der Waals surface area contributed by atoms with Gasteiger partial charge in [-0.3, -0.25) is 4.79 Å². The maximum absolute atomic E-state index is 13.6. The number of fused-ring (bicyclic) bond motifs is 1. The van der Waals surface area contributed by atoms with E-state index in [1.807, 2.05) is 13.0 Å². The number of carbonyl (C=O) groups is 1. The molecule has 3 aromatic rings. The van der Waals surface area contributed by atoms with Crippen LogP contribution in [0.2, 0.25) is 10.0 Å². The van der Waals surface area contributed by atoms with Crippen LogP contribution in [0.5, 0.6) is 11.6 Å². The first-order chi connectivity index (χ1) is 17.4. The lowest BCUT2D eigenvalue weighted by molar-refractivity contribution is -0.122. The van der Waals surface area contributed by atoms with Gasteiger partial charge in [-0.2, -0.15) is 0 Å². The van der Waals surface area contributed by atoms with Gasteiger partial charge in [-0.15, -0.1) is 12.4 Å². The van der Waals surface area contributed by atoms with Crippen LogP contribution >= 0.6 is 35.6 Å². The molecular formula is C27H29Cl3FN3O3. The molecule has 0 fully saturated rings. The third-order valence-electron chi connectivity index (χ3n) is 6.06. The molecule has 0 aliphatic carbocycles. The molecule has 0 spiro atoms. The SMILES string of the molecule is Cc1cc(Cl)c(OCCOc2ccc(CC(CN)C(=O)N3CCCc4cc(F)ccc43)cn2)c(Cl)c1.Cl. The summed E-state index contributed by atoms with van der Waals surface area (Å²) in [6.07, 6.45) is 3.67. The predicted molar refractivity (Wildman–Crippen MR) is 147 cm³/mol. The van der Waals surface area contributed by atoms with Crippen LogP contribution in [0.1, 0.15) is 23.1 Å². The summed E-state index contributed by atoms with van der Waals surface area (Å²) in [7, 11) is 0. The first-order valence-electron chi connectivity index (χ1n) is 11.8. The van der Waals surface area contributed by atoms with Crippen molar-refractivity contribution in [3.63, 3.8) is 0 Å². The van der Waals surface area contributed by atoms with E-state index < -0.39 is 5.92 Å². The van der Waals surface area contributed by atoms with E-state index in [0.717, 1.165) is 35.2 Å². The number of carbonyl (C=O) groups excluding carboxylic acids is 1. The fourth-order valence-electron chi connectivity index (χ4n) is 4.30. The Balaban J connectivity index is 0.00000380. The van der Waals surface area contributed by atoms with Gasteiger partial charge in [0.1, 0.15) is 19.0 Å². The van der Waals surface area contributed by atoms with Crippen LogP contribution in [0.15, 0.2) is 48.7 Å². The molecule has 1 aliphatic heterocycles. The molecule has 10 heteroatoms. The summed E-state index contributed by atoms with van der Waals surface area (Å²) in [4.78, 5) is 19.3. The average molecular weight is 569 g/mol. The van der Waals surface area contributed by atoms with Gasteiger partial charge in [0.25, 0.3) is 0 Å². The van der Waals surface area contributed by atoms with E-state index >= 15 is 0 Å². The number of aryl methyl sites for hydroxylation is 2. The predicted octanol–water partition coefficient (Wildman–Crippen LogP) is 5.81. The minimum atomic E-state index is -0.410. The molecule has 1 amide bonds. The Kier molecular flexibility index (Phi) is 10.4. The lowest BCUT2D eigenvalue weighted by atomic mass is 9.95. The van der Waals surface area contributed by atoms with E-state index in [4.69, 9.17) is 38.4 Å². The van der Waals surface area contributed by atoms with Gasteiger partial charge in [0, 0.05) is 31.0 Å². The topological polar surface area (TPSA) is 77.7 Å². The molecule has 198 valence electrons. The second kappa shape index (κ2) is 13.3. The third kappa shape index (κ3) is 7.26. The highest BCUT2D eigenvalue weighted by Crippen LogP contribution is 2.34. The molecule has 1 aromatic heterocycles. The van der Waals surface area contributed by atoms with Gasteiger partial charge in [-0.25, -0.2) is 9.37 Å². The van der Waals surface area contributed by atoms with Crippen LogP contribution in [0.4, 0.5) is 10.1 Å². The smallest absolute Gasteiger partial charge is 0.231 e. The highest BCUT2D eigenvalue weighted by atomic mass is 35.5. The van der Waals surface area contributed by atoms with Gasteiger partial charge < -0.3 is 20.1 Å². The van der Waals surface area contributed by atoms with Crippen molar-refractivity contribution in [1.29, 1.82) is 0 Å². The fourth-order valence-corrected chi connectivity index (χ4v) is 5.01. The van der Waals surface area contributed by atoms with Crippen molar-refractivity contribution in [1.82, 2.24) is 4.98 Å². The number of aromatic nitrogens is 1. The number of benzene rings is 2. The molecule has 2 aromatic carbocycles. The fraction of sp³-hybridized carbons (Fsp3) is 0.333. The maximum Gasteiger partial charge on any atom is 0.231 e. The third-order valence-corrected chi connectivity index (χ3v) is 6.62. The maximum atomic E-state index is 13.6. The lowest BCUT2D eigenvalue weighted by Crippen LogP contribution is -2.42. The van der Waals surface area contributed by atoms with Crippen LogP contribution in [0.3, 0.4) is 0 Å². The summed E-state index contributed by atoms with van der Waals surface area (Å²) < 4.78 is 24.9. The molecule has 1 unspecified atom stereocenters. The highest BCUT2D eigenvalue weighted by molar-refractivity contribution is 6.37. The van der Waals surface area contributed by atoms with E-state index in [9.17, 15) is 9.18 Å². The number of anilines is 1. The van der Waals surface area contributed by atoms with Gasteiger partial charge >= 0.3 is 0 Å². The van der Waals surface area contributed by atoms with Crippen LogP contribution in [0.25, 0.3) is 0 Å². The molecule has 6 nitrogen and oxygen atoms in total. The first-order valence-corrected chi connectivity index (χ1v) is 12.6. The highest BCUT2D eigenvalue weighted by Gasteiger charge is 2.28. The van der Waals surface area contributed by atoms with E-state index in [1.54, 1.807) is 35.4 Å². The van der Waals surface area contributed by atoms with Crippen molar-refractivity contribution >= 4 is 47.2 Å². The summed E-state index contributed by atoms with van der Waals surface area (Å²) in [5.41, 5.74) is 9.42. The van der Waals surface area contributed by atoms with Crippen molar-refractivity contribution in [2.75, 3.05) is 31.2 Å². The van der Waals surface area contributed by atoms with Crippen molar-refractivity contribution in [3.05, 3.63) is 81.2 Å². The van der Waals surface area contributed by atoms with Crippen molar-refractivity contribution in [2.45, 2.75) is 26.2 Å². The second-order valence-corrected chi connectivity index (χ2v) is 9.58. The Hall–Kier alpha value is -2.58. The lowest BCUT2D eigenvalue weighted by Gasteiger charge is -2.32.